The summed E-state index contributed by atoms with van der Waals surface area (Å²) in [5, 5.41) is 16.6. The first-order valence-electron chi connectivity index (χ1n) is 8.67. The number of benzene rings is 2. The molecule has 0 bridgehead atoms. The quantitative estimate of drug-likeness (QED) is 0.418. The number of aryl methyl sites for hydroxylation is 2. The van der Waals surface area contributed by atoms with Crippen LogP contribution < -0.4 is 0 Å². The molecule has 0 aliphatic carbocycles. The van der Waals surface area contributed by atoms with E-state index in [9.17, 15) is 4.39 Å². The van der Waals surface area contributed by atoms with Crippen molar-refractivity contribution in [1.82, 2.24) is 20.4 Å². The highest BCUT2D eigenvalue weighted by Crippen LogP contribution is 2.35. The lowest BCUT2D eigenvalue weighted by Gasteiger charge is -2.02. The van der Waals surface area contributed by atoms with Gasteiger partial charge in [-0.3, -0.25) is 0 Å². The standard InChI is InChI=1S/C20H17FN4O2S/c1-11-4-5-15(10-12(11)2)19-24-25-20(27-19)28-13(3)17-22-23-18(26-17)14-6-8-16(21)9-7-14/h4-10,13H,1-3H3/t13-/m1/s1. The van der Waals surface area contributed by atoms with E-state index in [-0.39, 0.29) is 11.1 Å². The zero-order chi connectivity index (χ0) is 19.7. The Kier molecular flexibility index (Phi) is 4.95. The zero-order valence-electron chi connectivity index (χ0n) is 15.5. The van der Waals surface area contributed by atoms with Crippen LogP contribution in [0.3, 0.4) is 0 Å². The molecule has 2 heterocycles. The predicted molar refractivity (Wildman–Crippen MR) is 103 cm³/mol. The first kappa shape index (κ1) is 18.4. The molecule has 4 rings (SSSR count). The Bertz CT molecular complexity index is 1110. The van der Waals surface area contributed by atoms with Crippen LogP contribution in [-0.4, -0.2) is 20.4 Å². The van der Waals surface area contributed by atoms with Gasteiger partial charge >= 0.3 is 0 Å². The zero-order valence-corrected chi connectivity index (χ0v) is 16.3. The topological polar surface area (TPSA) is 77.8 Å². The minimum absolute atomic E-state index is 0.185. The Morgan fingerprint density at radius 2 is 1.50 bits per heavy atom. The van der Waals surface area contributed by atoms with E-state index in [1.54, 1.807) is 12.1 Å². The highest BCUT2D eigenvalue weighted by molar-refractivity contribution is 7.99. The van der Waals surface area contributed by atoms with Gasteiger partial charge in [-0.25, -0.2) is 4.39 Å². The van der Waals surface area contributed by atoms with E-state index in [2.05, 4.69) is 27.3 Å². The summed E-state index contributed by atoms with van der Waals surface area (Å²) in [4.78, 5) is 0. The van der Waals surface area contributed by atoms with Gasteiger partial charge in [0.15, 0.2) is 0 Å². The lowest BCUT2D eigenvalue weighted by molar-refractivity contribution is 0.461. The minimum Gasteiger partial charge on any atom is -0.419 e. The number of thioether (sulfide) groups is 1. The molecule has 0 aliphatic rings. The summed E-state index contributed by atoms with van der Waals surface area (Å²) >= 11 is 1.33. The van der Waals surface area contributed by atoms with Gasteiger partial charge in [-0.1, -0.05) is 17.8 Å². The number of hydrogen-bond acceptors (Lipinski definition) is 7. The van der Waals surface area contributed by atoms with Gasteiger partial charge in [0, 0.05) is 11.1 Å². The van der Waals surface area contributed by atoms with Gasteiger partial charge in [0.05, 0.1) is 5.25 Å². The van der Waals surface area contributed by atoms with Crippen LogP contribution in [-0.2, 0) is 0 Å². The van der Waals surface area contributed by atoms with Crippen molar-refractivity contribution in [2.75, 3.05) is 0 Å². The van der Waals surface area contributed by atoms with E-state index in [4.69, 9.17) is 8.83 Å². The molecule has 142 valence electrons. The number of nitrogens with zero attached hydrogens (tertiary/aromatic N) is 4. The van der Waals surface area contributed by atoms with Crippen molar-refractivity contribution < 1.29 is 13.2 Å². The molecule has 2 aromatic heterocycles. The molecule has 0 saturated heterocycles. The van der Waals surface area contributed by atoms with E-state index in [1.807, 2.05) is 32.0 Å². The summed E-state index contributed by atoms with van der Waals surface area (Å²) in [5.41, 5.74) is 3.91. The average molecular weight is 396 g/mol. The summed E-state index contributed by atoms with van der Waals surface area (Å²) in [7, 11) is 0. The highest BCUT2D eigenvalue weighted by atomic mass is 32.2. The Labute approximate surface area is 165 Å². The van der Waals surface area contributed by atoms with E-state index in [0.717, 1.165) is 11.1 Å². The third kappa shape index (κ3) is 3.82. The fraction of sp³-hybridized carbons (Fsp3) is 0.200. The summed E-state index contributed by atoms with van der Waals surface area (Å²) in [6, 6.07) is 11.9. The molecule has 0 fully saturated rings. The Morgan fingerprint density at radius 1 is 0.821 bits per heavy atom. The largest absolute Gasteiger partial charge is 0.419 e. The molecule has 0 N–H and O–H groups in total. The van der Waals surface area contributed by atoms with Gasteiger partial charge in [0.1, 0.15) is 5.82 Å². The molecule has 6 nitrogen and oxygen atoms in total. The number of aromatic nitrogens is 4. The summed E-state index contributed by atoms with van der Waals surface area (Å²) in [6.07, 6.45) is 0. The van der Waals surface area contributed by atoms with Crippen LogP contribution >= 0.6 is 11.8 Å². The molecule has 0 radical (unpaired) electrons. The highest BCUT2D eigenvalue weighted by Gasteiger charge is 2.20. The van der Waals surface area contributed by atoms with Crippen molar-refractivity contribution in [2.24, 2.45) is 0 Å². The van der Waals surface area contributed by atoms with Crippen LogP contribution in [0.2, 0.25) is 0 Å². The molecule has 2 aromatic carbocycles. The van der Waals surface area contributed by atoms with Crippen LogP contribution in [0.4, 0.5) is 4.39 Å². The Balaban J connectivity index is 1.48. The van der Waals surface area contributed by atoms with Crippen LogP contribution in [0.5, 0.6) is 0 Å². The van der Waals surface area contributed by atoms with Gasteiger partial charge < -0.3 is 8.83 Å². The van der Waals surface area contributed by atoms with Crippen LogP contribution in [0.15, 0.2) is 56.5 Å². The van der Waals surface area contributed by atoms with Crippen LogP contribution in [0.1, 0.15) is 29.2 Å². The summed E-state index contributed by atoms with van der Waals surface area (Å²) in [5.74, 6) is 0.915. The van der Waals surface area contributed by atoms with Crippen molar-refractivity contribution in [3.8, 4) is 22.9 Å². The first-order chi connectivity index (χ1) is 13.5. The van der Waals surface area contributed by atoms with Gasteiger partial charge in [-0.05, 0) is 68.3 Å². The van der Waals surface area contributed by atoms with Gasteiger partial charge in [-0.15, -0.1) is 20.4 Å². The summed E-state index contributed by atoms with van der Waals surface area (Å²) < 4.78 is 24.5. The van der Waals surface area contributed by atoms with E-state index < -0.39 is 0 Å². The molecule has 0 spiro atoms. The van der Waals surface area contributed by atoms with E-state index in [0.29, 0.717) is 28.5 Å². The fourth-order valence-corrected chi connectivity index (χ4v) is 3.27. The molecular weight excluding hydrogens is 379 g/mol. The third-order valence-electron chi connectivity index (χ3n) is 4.32. The van der Waals surface area contributed by atoms with Gasteiger partial charge in [-0.2, -0.15) is 0 Å². The van der Waals surface area contributed by atoms with Gasteiger partial charge in [0.25, 0.3) is 5.22 Å². The molecule has 8 heteroatoms. The molecule has 28 heavy (non-hydrogen) atoms. The van der Waals surface area contributed by atoms with E-state index >= 15 is 0 Å². The predicted octanol–water partition coefficient (Wildman–Crippen LogP) is 5.40. The van der Waals surface area contributed by atoms with Crippen molar-refractivity contribution in [2.45, 2.75) is 31.2 Å². The molecule has 0 aliphatic heterocycles. The summed E-state index contributed by atoms with van der Waals surface area (Å²) in [6.45, 7) is 6.01. The van der Waals surface area contributed by atoms with Crippen molar-refractivity contribution in [1.29, 1.82) is 0 Å². The Hall–Kier alpha value is -3.00. The maximum absolute atomic E-state index is 13.1. The average Bonchev–Trinajstić information content (AvgIpc) is 3.34. The van der Waals surface area contributed by atoms with Crippen molar-refractivity contribution >= 4 is 11.8 Å². The molecule has 0 saturated carbocycles. The normalized spacial score (nSPS) is 12.3. The maximum Gasteiger partial charge on any atom is 0.277 e. The molecule has 0 amide bonds. The second kappa shape index (κ2) is 7.55. The smallest absolute Gasteiger partial charge is 0.277 e. The Morgan fingerprint density at radius 3 is 2.25 bits per heavy atom. The van der Waals surface area contributed by atoms with Crippen molar-refractivity contribution in [3.05, 3.63) is 65.3 Å². The number of rotatable bonds is 5. The molecule has 4 aromatic rings. The first-order valence-corrected chi connectivity index (χ1v) is 9.54. The third-order valence-corrected chi connectivity index (χ3v) is 5.24. The fourth-order valence-electron chi connectivity index (χ4n) is 2.56. The lowest BCUT2D eigenvalue weighted by Crippen LogP contribution is -1.88. The second-order valence-corrected chi connectivity index (χ2v) is 7.68. The van der Waals surface area contributed by atoms with Gasteiger partial charge in [0.2, 0.25) is 17.7 Å². The van der Waals surface area contributed by atoms with E-state index in [1.165, 1.54) is 29.5 Å². The maximum atomic E-state index is 13.1. The number of hydrogen-bond donors (Lipinski definition) is 0. The minimum atomic E-state index is -0.316. The second-order valence-electron chi connectivity index (χ2n) is 6.38. The molecule has 0 unspecified atom stereocenters. The molecule has 1 atom stereocenters. The van der Waals surface area contributed by atoms with Crippen LogP contribution in [0.25, 0.3) is 22.9 Å². The monoisotopic (exact) mass is 396 g/mol. The SMILES string of the molecule is Cc1ccc(-c2nnc(S[C@H](C)c3nnc(-c4ccc(F)cc4)o3)o2)cc1C. The molecular formula is C20H17FN4O2S. The number of halogens is 1. The van der Waals surface area contributed by atoms with Crippen LogP contribution in [0, 0.1) is 19.7 Å². The lowest BCUT2D eigenvalue weighted by atomic mass is 10.1. The van der Waals surface area contributed by atoms with Crippen molar-refractivity contribution in [3.63, 3.8) is 0 Å².